The molecule has 0 spiro atoms. The van der Waals surface area contributed by atoms with E-state index in [1.807, 2.05) is 0 Å². The lowest BCUT2D eigenvalue weighted by atomic mass is 10.0. The van der Waals surface area contributed by atoms with Crippen LogP contribution in [-0.4, -0.2) is 39.3 Å². The lowest BCUT2D eigenvalue weighted by Gasteiger charge is -2.22. The fourth-order valence-electron chi connectivity index (χ4n) is 2.79. The summed E-state index contributed by atoms with van der Waals surface area (Å²) >= 11 is 0. The van der Waals surface area contributed by atoms with Crippen LogP contribution in [-0.2, 0) is 11.3 Å². The van der Waals surface area contributed by atoms with Crippen LogP contribution in [0.5, 0.6) is 6.01 Å². The molecule has 1 saturated heterocycles. The Hall–Kier alpha value is -2.09. The zero-order valence-corrected chi connectivity index (χ0v) is 14.2. The second-order valence-electron chi connectivity index (χ2n) is 6.51. The van der Waals surface area contributed by atoms with Gasteiger partial charge in [-0.3, -0.25) is 4.57 Å². The van der Waals surface area contributed by atoms with E-state index in [1.165, 1.54) is 0 Å². The van der Waals surface area contributed by atoms with E-state index in [9.17, 15) is 4.79 Å². The summed E-state index contributed by atoms with van der Waals surface area (Å²) in [7, 11) is 0. The first-order valence-electron chi connectivity index (χ1n) is 8.55. The summed E-state index contributed by atoms with van der Waals surface area (Å²) in [6, 6.07) is 0.222. The molecule has 1 aliphatic heterocycles. The van der Waals surface area contributed by atoms with Gasteiger partial charge in [-0.15, -0.1) is 0 Å². The maximum atomic E-state index is 12.3. The molecule has 0 bridgehead atoms. The van der Waals surface area contributed by atoms with Gasteiger partial charge in [0.15, 0.2) is 11.5 Å². The molecule has 1 aliphatic rings. The minimum atomic E-state index is -0.212. The molecule has 3 rings (SSSR count). The molecule has 8 nitrogen and oxygen atoms in total. The normalized spacial score (nSPS) is 17.2. The van der Waals surface area contributed by atoms with Crippen molar-refractivity contribution in [3.63, 3.8) is 0 Å². The van der Waals surface area contributed by atoms with Crippen molar-refractivity contribution in [1.29, 1.82) is 0 Å². The third-order valence-corrected chi connectivity index (χ3v) is 4.61. The molecule has 3 N–H and O–H groups in total. The number of fused-ring (bicyclic) bond motifs is 1. The number of aromatic nitrogens is 4. The topological polar surface area (TPSA) is 108 Å². The van der Waals surface area contributed by atoms with Gasteiger partial charge in [-0.25, -0.2) is 4.79 Å². The lowest BCUT2D eigenvalue weighted by molar-refractivity contribution is 0.0613. The van der Waals surface area contributed by atoms with Crippen LogP contribution in [0.2, 0.25) is 0 Å². The molecule has 132 valence electrons. The molecule has 2 aromatic heterocycles. The van der Waals surface area contributed by atoms with Gasteiger partial charge < -0.3 is 20.2 Å². The minimum absolute atomic E-state index is 0.212. The molecular formula is C16H25N5O3. The molecule has 8 heteroatoms. The summed E-state index contributed by atoms with van der Waals surface area (Å²) in [6.45, 7) is 6.80. The molecule has 24 heavy (non-hydrogen) atoms. The molecule has 0 aliphatic carbocycles. The average Bonchev–Trinajstić information content (AvgIpc) is 2.90. The number of aromatic amines is 1. The molecule has 1 fully saturated rings. The first-order valence-corrected chi connectivity index (χ1v) is 8.55. The lowest BCUT2D eigenvalue weighted by Crippen LogP contribution is -2.26. The van der Waals surface area contributed by atoms with Crippen LogP contribution in [0, 0.1) is 11.8 Å². The Labute approximate surface area is 140 Å². The second kappa shape index (κ2) is 7.21. The van der Waals surface area contributed by atoms with Crippen molar-refractivity contribution >= 4 is 17.0 Å². The standard InChI is InChI=1S/C16H25N5O3/c1-3-10(2)9-24-15-19-13(17)12-14(20-15)21(16(22)18-12)8-11-4-6-23-7-5-11/h10-11H,3-9H2,1-2H3,(H,18,22)(H2,17,19,20). The Morgan fingerprint density at radius 3 is 2.88 bits per heavy atom. The summed E-state index contributed by atoms with van der Waals surface area (Å²) in [4.78, 5) is 23.6. The molecule has 0 radical (unpaired) electrons. The molecule has 0 aromatic carbocycles. The van der Waals surface area contributed by atoms with E-state index in [0.29, 0.717) is 36.2 Å². The number of nitrogens with two attached hydrogens (primary N) is 1. The van der Waals surface area contributed by atoms with E-state index in [4.69, 9.17) is 15.2 Å². The molecule has 0 saturated carbocycles. The number of rotatable bonds is 6. The zero-order valence-electron chi connectivity index (χ0n) is 14.2. The van der Waals surface area contributed by atoms with Crippen molar-refractivity contribution in [2.75, 3.05) is 25.6 Å². The van der Waals surface area contributed by atoms with E-state index in [0.717, 1.165) is 32.5 Å². The van der Waals surface area contributed by atoms with Crippen molar-refractivity contribution < 1.29 is 9.47 Å². The second-order valence-corrected chi connectivity index (χ2v) is 6.51. The largest absolute Gasteiger partial charge is 0.463 e. The number of nitrogen functional groups attached to an aromatic ring is 1. The highest BCUT2D eigenvalue weighted by Gasteiger charge is 2.20. The summed E-state index contributed by atoms with van der Waals surface area (Å²) in [6.07, 6.45) is 2.89. The van der Waals surface area contributed by atoms with E-state index in [1.54, 1.807) is 4.57 Å². The van der Waals surface area contributed by atoms with Crippen LogP contribution >= 0.6 is 0 Å². The maximum absolute atomic E-state index is 12.3. The Bertz CT molecular complexity index is 748. The van der Waals surface area contributed by atoms with Crippen molar-refractivity contribution in [2.45, 2.75) is 39.7 Å². The third-order valence-electron chi connectivity index (χ3n) is 4.61. The molecule has 1 unspecified atom stereocenters. The van der Waals surface area contributed by atoms with Crippen LogP contribution in [0.25, 0.3) is 11.2 Å². The van der Waals surface area contributed by atoms with Gasteiger partial charge in [0.25, 0.3) is 0 Å². The third kappa shape index (κ3) is 3.53. The van der Waals surface area contributed by atoms with Gasteiger partial charge in [-0.1, -0.05) is 20.3 Å². The first-order chi connectivity index (χ1) is 11.6. The number of nitrogens with zero attached hydrogens (tertiary/aromatic N) is 3. The van der Waals surface area contributed by atoms with Crippen LogP contribution in [0.3, 0.4) is 0 Å². The van der Waals surface area contributed by atoms with Gasteiger partial charge in [-0.05, 0) is 24.7 Å². The summed E-state index contributed by atoms with van der Waals surface area (Å²) in [5, 5.41) is 0. The van der Waals surface area contributed by atoms with Crippen LogP contribution in [0.4, 0.5) is 5.82 Å². The quantitative estimate of drug-likeness (QED) is 0.829. The summed E-state index contributed by atoms with van der Waals surface area (Å²) in [5.74, 6) is 1.04. The highest BCUT2D eigenvalue weighted by atomic mass is 16.5. The van der Waals surface area contributed by atoms with E-state index >= 15 is 0 Å². The molecule has 2 aromatic rings. The van der Waals surface area contributed by atoms with Crippen molar-refractivity contribution in [2.24, 2.45) is 11.8 Å². The highest BCUT2D eigenvalue weighted by Crippen LogP contribution is 2.21. The minimum Gasteiger partial charge on any atom is -0.463 e. The fourth-order valence-corrected chi connectivity index (χ4v) is 2.79. The van der Waals surface area contributed by atoms with Crippen molar-refractivity contribution in [3.8, 4) is 6.01 Å². The maximum Gasteiger partial charge on any atom is 0.327 e. The van der Waals surface area contributed by atoms with Gasteiger partial charge in [0.2, 0.25) is 0 Å². The van der Waals surface area contributed by atoms with Gasteiger partial charge >= 0.3 is 11.7 Å². The number of anilines is 1. The number of ether oxygens (including phenoxy) is 2. The van der Waals surface area contributed by atoms with Crippen LogP contribution < -0.4 is 16.2 Å². The summed E-state index contributed by atoms with van der Waals surface area (Å²) in [5.41, 5.74) is 6.75. The zero-order chi connectivity index (χ0) is 17.1. The van der Waals surface area contributed by atoms with Crippen molar-refractivity contribution in [1.82, 2.24) is 19.5 Å². The van der Waals surface area contributed by atoms with Gasteiger partial charge in [0.1, 0.15) is 5.52 Å². The van der Waals surface area contributed by atoms with E-state index in [2.05, 4.69) is 28.8 Å². The molecule has 3 heterocycles. The van der Waals surface area contributed by atoms with Gasteiger partial charge in [0, 0.05) is 19.8 Å². The van der Waals surface area contributed by atoms with E-state index in [-0.39, 0.29) is 17.5 Å². The Morgan fingerprint density at radius 1 is 1.42 bits per heavy atom. The van der Waals surface area contributed by atoms with Gasteiger partial charge in [0.05, 0.1) is 6.61 Å². The van der Waals surface area contributed by atoms with Crippen LogP contribution in [0.15, 0.2) is 4.79 Å². The smallest absolute Gasteiger partial charge is 0.327 e. The number of hydrogen-bond acceptors (Lipinski definition) is 6. The van der Waals surface area contributed by atoms with Crippen molar-refractivity contribution in [3.05, 3.63) is 10.5 Å². The fraction of sp³-hybridized carbons (Fsp3) is 0.688. The van der Waals surface area contributed by atoms with E-state index < -0.39 is 0 Å². The van der Waals surface area contributed by atoms with Crippen LogP contribution in [0.1, 0.15) is 33.1 Å². The molecule has 1 atom stereocenters. The number of H-pyrrole nitrogens is 1. The van der Waals surface area contributed by atoms with Gasteiger partial charge in [-0.2, -0.15) is 9.97 Å². The predicted molar refractivity (Wildman–Crippen MR) is 91.1 cm³/mol. The number of nitrogens with one attached hydrogen (secondary N) is 1. The SMILES string of the molecule is CCC(C)COc1nc(N)c2[nH]c(=O)n(CC3CCOCC3)c2n1. The number of hydrogen-bond donors (Lipinski definition) is 2. The highest BCUT2D eigenvalue weighted by molar-refractivity contribution is 5.81. The Morgan fingerprint density at radius 2 is 2.17 bits per heavy atom. The average molecular weight is 335 g/mol. The Kier molecular flexibility index (Phi) is 5.03. The summed E-state index contributed by atoms with van der Waals surface area (Å²) < 4.78 is 12.7. The monoisotopic (exact) mass is 335 g/mol. The predicted octanol–water partition coefficient (Wildman–Crippen LogP) is 1.55. The number of imidazole rings is 1. The Balaban J connectivity index is 1.88. The molecule has 0 amide bonds. The molecular weight excluding hydrogens is 310 g/mol. The first kappa shape index (κ1) is 16.8.